The lowest BCUT2D eigenvalue weighted by molar-refractivity contribution is 0.769. The van der Waals surface area contributed by atoms with Gasteiger partial charge in [0.15, 0.2) is 0 Å². The molecule has 0 saturated carbocycles. The highest BCUT2D eigenvalue weighted by molar-refractivity contribution is 7.32. The highest BCUT2D eigenvalue weighted by atomic mass is 35.7. The fraction of sp³-hybridized carbons (Fsp3) is 1.00. The van der Waals surface area contributed by atoms with Crippen LogP contribution >= 0.6 is 22.2 Å². The first kappa shape index (κ1) is 8.72. The van der Waals surface area contributed by atoms with Crippen LogP contribution in [0, 0.1) is 0 Å². The monoisotopic (exact) mass is 172 g/mol. The SMILES string of the molecule is CNCCN[SiH](Cl)Cl. The van der Waals surface area contributed by atoms with Gasteiger partial charge in [0.25, 0.3) is 0 Å². The molecule has 0 aliphatic carbocycles. The lowest BCUT2D eigenvalue weighted by Crippen LogP contribution is -2.30. The Labute approximate surface area is 60.6 Å². The average molecular weight is 173 g/mol. The van der Waals surface area contributed by atoms with Crippen molar-refractivity contribution in [1.82, 2.24) is 10.3 Å². The fourth-order valence-corrected chi connectivity index (χ4v) is 1.32. The van der Waals surface area contributed by atoms with Gasteiger partial charge in [-0.3, -0.25) is 0 Å². The first-order chi connectivity index (χ1) is 3.77. The van der Waals surface area contributed by atoms with Crippen LogP contribution in [0.4, 0.5) is 0 Å². The van der Waals surface area contributed by atoms with Crippen LogP contribution in [0.2, 0.25) is 0 Å². The molecule has 0 spiro atoms. The smallest absolute Gasteiger partial charge is 0.306 e. The molecule has 5 heteroatoms. The van der Waals surface area contributed by atoms with Gasteiger partial charge in [0.05, 0.1) is 0 Å². The first-order valence-electron chi connectivity index (χ1n) is 2.43. The van der Waals surface area contributed by atoms with Gasteiger partial charge in [-0.15, -0.1) is 22.2 Å². The number of nitrogens with one attached hydrogen (secondary N) is 2. The molecular weight excluding hydrogens is 163 g/mol. The van der Waals surface area contributed by atoms with Crippen molar-refractivity contribution >= 4 is 29.7 Å². The number of halogens is 2. The molecule has 2 nitrogen and oxygen atoms in total. The van der Waals surface area contributed by atoms with Crippen molar-refractivity contribution in [1.29, 1.82) is 0 Å². The van der Waals surface area contributed by atoms with Gasteiger partial charge in [-0.25, -0.2) is 0 Å². The molecule has 0 aromatic carbocycles. The van der Waals surface area contributed by atoms with Crippen LogP contribution in [0.25, 0.3) is 0 Å². The van der Waals surface area contributed by atoms with Gasteiger partial charge in [0.1, 0.15) is 0 Å². The third kappa shape index (κ3) is 6.72. The second-order valence-electron chi connectivity index (χ2n) is 1.36. The molecule has 0 aromatic heterocycles. The summed E-state index contributed by atoms with van der Waals surface area (Å²) in [5.41, 5.74) is 0. The number of hydrogen-bond donors (Lipinski definition) is 2. The third-order valence-electron chi connectivity index (χ3n) is 0.674. The van der Waals surface area contributed by atoms with Crippen LogP contribution in [0.5, 0.6) is 0 Å². The summed E-state index contributed by atoms with van der Waals surface area (Å²) in [5, 5.41) is 2.97. The van der Waals surface area contributed by atoms with E-state index in [1.807, 2.05) is 7.05 Å². The Morgan fingerprint density at radius 2 is 2.00 bits per heavy atom. The van der Waals surface area contributed by atoms with E-state index in [-0.39, 0.29) is 0 Å². The molecule has 0 unspecified atom stereocenters. The molecule has 50 valence electrons. The number of likely N-dealkylation sites (N-methyl/N-ethyl adjacent to an activating group) is 1. The molecule has 0 fully saturated rings. The maximum Gasteiger partial charge on any atom is 0.306 e. The molecule has 0 aromatic rings. The predicted octanol–water partition coefficient (Wildman–Crippen LogP) is -0.00980. The zero-order valence-electron chi connectivity index (χ0n) is 4.75. The summed E-state index contributed by atoms with van der Waals surface area (Å²) in [6.45, 7) is 1.78. The standard InChI is InChI=1S/C3H10Cl2N2Si/c1-6-2-3-7-8(4)5/h6-8H,2-3H2,1H3. The molecule has 0 aliphatic heterocycles. The van der Waals surface area contributed by atoms with Crippen LogP contribution in [-0.4, -0.2) is 27.7 Å². The van der Waals surface area contributed by atoms with E-state index in [1.54, 1.807) is 0 Å². The predicted molar refractivity (Wildman–Crippen MR) is 40.8 cm³/mol. The minimum atomic E-state index is -1.55. The largest absolute Gasteiger partial charge is 0.319 e. The molecule has 0 radical (unpaired) electrons. The van der Waals surface area contributed by atoms with Gasteiger partial charge in [0.2, 0.25) is 0 Å². The van der Waals surface area contributed by atoms with Crippen LogP contribution < -0.4 is 10.3 Å². The second-order valence-corrected chi connectivity index (χ2v) is 5.66. The van der Waals surface area contributed by atoms with Crippen LogP contribution in [0.15, 0.2) is 0 Å². The molecule has 0 heterocycles. The zero-order chi connectivity index (χ0) is 6.41. The lowest BCUT2D eigenvalue weighted by atomic mass is 10.7. The zero-order valence-corrected chi connectivity index (χ0v) is 7.41. The molecule has 0 amide bonds. The van der Waals surface area contributed by atoms with Crippen molar-refractivity contribution in [3.63, 3.8) is 0 Å². The maximum absolute atomic E-state index is 5.48. The summed E-state index contributed by atoms with van der Waals surface area (Å²) in [6, 6.07) is 0. The van der Waals surface area contributed by atoms with E-state index in [4.69, 9.17) is 22.2 Å². The summed E-state index contributed by atoms with van der Waals surface area (Å²) in [6.07, 6.45) is 0. The summed E-state index contributed by atoms with van der Waals surface area (Å²) < 4.78 is 0. The van der Waals surface area contributed by atoms with Gasteiger partial charge in [-0.05, 0) is 7.05 Å². The average Bonchev–Trinajstić information content (AvgIpc) is 1.66. The van der Waals surface area contributed by atoms with E-state index in [0.717, 1.165) is 13.1 Å². The summed E-state index contributed by atoms with van der Waals surface area (Å²) in [5.74, 6) is 0. The summed E-state index contributed by atoms with van der Waals surface area (Å²) in [7, 11) is 0.342. The third-order valence-corrected chi connectivity index (χ3v) is 2.20. The lowest BCUT2D eigenvalue weighted by Gasteiger charge is -2.00. The van der Waals surface area contributed by atoms with Gasteiger partial charge in [-0.1, -0.05) is 0 Å². The van der Waals surface area contributed by atoms with Crippen LogP contribution in [-0.2, 0) is 0 Å². The Hall–Kier alpha value is 0.717. The maximum atomic E-state index is 5.48. The number of hydrogen-bond acceptors (Lipinski definition) is 2. The molecule has 0 saturated heterocycles. The van der Waals surface area contributed by atoms with Crippen LogP contribution in [0.1, 0.15) is 0 Å². The van der Waals surface area contributed by atoms with Gasteiger partial charge in [-0.2, -0.15) is 0 Å². The molecular formula is C3H10Cl2N2Si. The Bertz CT molecular complexity index is 52.5. The van der Waals surface area contributed by atoms with E-state index in [0.29, 0.717) is 0 Å². The molecule has 2 N–H and O–H groups in total. The molecule has 0 atom stereocenters. The topological polar surface area (TPSA) is 24.1 Å². The van der Waals surface area contributed by atoms with E-state index >= 15 is 0 Å². The van der Waals surface area contributed by atoms with Crippen molar-refractivity contribution in [2.24, 2.45) is 0 Å². The second kappa shape index (κ2) is 5.85. The van der Waals surface area contributed by atoms with Gasteiger partial charge in [0, 0.05) is 13.1 Å². The van der Waals surface area contributed by atoms with Crippen molar-refractivity contribution in [2.45, 2.75) is 0 Å². The van der Waals surface area contributed by atoms with Crippen molar-refractivity contribution in [2.75, 3.05) is 20.1 Å². The fourth-order valence-electron chi connectivity index (χ4n) is 0.306. The summed E-state index contributed by atoms with van der Waals surface area (Å²) >= 11 is 11.0. The van der Waals surface area contributed by atoms with Crippen molar-refractivity contribution < 1.29 is 0 Å². The van der Waals surface area contributed by atoms with E-state index in [9.17, 15) is 0 Å². The molecule has 8 heavy (non-hydrogen) atoms. The minimum absolute atomic E-state index is 0.861. The highest BCUT2D eigenvalue weighted by Gasteiger charge is 1.96. The Morgan fingerprint density at radius 1 is 1.38 bits per heavy atom. The van der Waals surface area contributed by atoms with Crippen LogP contribution in [0.3, 0.4) is 0 Å². The number of rotatable bonds is 4. The van der Waals surface area contributed by atoms with Crippen molar-refractivity contribution in [3.8, 4) is 0 Å². The van der Waals surface area contributed by atoms with Crippen molar-refractivity contribution in [3.05, 3.63) is 0 Å². The quantitative estimate of drug-likeness (QED) is 0.355. The Morgan fingerprint density at radius 3 is 2.38 bits per heavy atom. The van der Waals surface area contributed by atoms with E-state index in [1.165, 1.54) is 0 Å². The Balaban J connectivity index is 2.72. The Kier molecular flexibility index (Phi) is 6.37. The van der Waals surface area contributed by atoms with E-state index < -0.39 is 7.58 Å². The normalized spacial score (nSPS) is 10.5. The van der Waals surface area contributed by atoms with Gasteiger partial charge >= 0.3 is 7.58 Å². The van der Waals surface area contributed by atoms with E-state index in [2.05, 4.69) is 10.3 Å². The molecule has 0 rings (SSSR count). The molecule has 0 aliphatic rings. The minimum Gasteiger partial charge on any atom is -0.319 e. The first-order valence-corrected chi connectivity index (χ1v) is 6.50. The summed E-state index contributed by atoms with van der Waals surface area (Å²) in [4.78, 5) is 2.95. The van der Waals surface area contributed by atoms with Gasteiger partial charge < -0.3 is 10.3 Å². The highest BCUT2D eigenvalue weighted by Crippen LogP contribution is 1.86. The molecule has 0 bridgehead atoms.